The van der Waals surface area contributed by atoms with Crippen LogP contribution in [0.2, 0.25) is 0 Å². The van der Waals surface area contributed by atoms with Gasteiger partial charge in [0.15, 0.2) is 0 Å². The number of carboxylic acid groups (broad SMARTS) is 1. The van der Waals surface area contributed by atoms with Crippen LogP contribution in [0.3, 0.4) is 0 Å². The molecule has 0 atom stereocenters. The Balaban J connectivity index is 1.52. The first-order valence-corrected chi connectivity index (χ1v) is 20.2. The third-order valence-electron chi connectivity index (χ3n) is 7.42. The van der Waals surface area contributed by atoms with Crippen LogP contribution < -0.4 is 20.1 Å². The number of carboxylic acids is 1. The third-order valence-corrected chi connectivity index (χ3v) is 8.79. The summed E-state index contributed by atoms with van der Waals surface area (Å²) in [7, 11) is -3.93. The van der Waals surface area contributed by atoms with Gasteiger partial charge in [0.2, 0.25) is 5.91 Å². The van der Waals surface area contributed by atoms with Gasteiger partial charge in [0.05, 0.1) is 56.7 Å². The van der Waals surface area contributed by atoms with Crippen LogP contribution in [0.4, 0.5) is 5.82 Å². The highest BCUT2D eigenvalue weighted by Gasteiger charge is 2.17. The van der Waals surface area contributed by atoms with Gasteiger partial charge in [0.1, 0.15) is 30.4 Å². The van der Waals surface area contributed by atoms with Crippen LogP contribution in [-0.4, -0.2) is 120 Å². The van der Waals surface area contributed by atoms with Crippen LogP contribution in [0.15, 0.2) is 47.5 Å². The molecule has 0 unspecified atom stereocenters. The van der Waals surface area contributed by atoms with Gasteiger partial charge in [-0.05, 0) is 70.0 Å². The van der Waals surface area contributed by atoms with Gasteiger partial charge in [-0.25, -0.2) is 18.2 Å². The monoisotopic (exact) mass is 810 g/mol. The Bertz CT molecular complexity index is 1550. The molecule has 0 fully saturated rings. The lowest BCUT2D eigenvalue weighted by molar-refractivity contribution is -0.155. The molecule has 1 heterocycles. The summed E-state index contributed by atoms with van der Waals surface area (Å²) in [6, 6.07) is 8.96. The van der Waals surface area contributed by atoms with Crippen LogP contribution in [-0.2, 0) is 48.1 Å². The number of rotatable bonds is 31. The van der Waals surface area contributed by atoms with Crippen LogP contribution >= 0.6 is 0 Å². The summed E-state index contributed by atoms with van der Waals surface area (Å²) in [6.45, 7) is 7.22. The number of aliphatic carboxylic acids is 1. The van der Waals surface area contributed by atoms with Crippen molar-refractivity contribution in [3.05, 3.63) is 48.2 Å². The normalized spacial score (nSPS) is 11.5. The van der Waals surface area contributed by atoms with E-state index in [9.17, 15) is 27.6 Å². The zero-order valence-electron chi connectivity index (χ0n) is 32.7. The van der Waals surface area contributed by atoms with Crippen LogP contribution in [0.1, 0.15) is 82.5 Å². The molecule has 0 spiro atoms. The number of carbonyl (C=O) groups is 4. The first-order chi connectivity index (χ1) is 26.7. The number of sulfonamides is 1. The highest BCUT2D eigenvalue weighted by Crippen LogP contribution is 2.19. The van der Waals surface area contributed by atoms with Crippen LogP contribution in [0.25, 0.3) is 0 Å². The van der Waals surface area contributed by atoms with Gasteiger partial charge in [-0.1, -0.05) is 32.1 Å². The van der Waals surface area contributed by atoms with E-state index in [1.807, 2.05) is 20.8 Å². The maximum atomic E-state index is 12.9. The van der Waals surface area contributed by atoms with Crippen molar-refractivity contribution < 1.29 is 61.1 Å². The van der Waals surface area contributed by atoms with Crippen molar-refractivity contribution in [2.24, 2.45) is 0 Å². The minimum absolute atomic E-state index is 0.0369. The summed E-state index contributed by atoms with van der Waals surface area (Å²) in [6.07, 6.45) is 8.70. The average Bonchev–Trinajstić information content (AvgIpc) is 3.14. The number of pyridine rings is 1. The fourth-order valence-electron chi connectivity index (χ4n) is 4.75. The topological polar surface area (TPSA) is 227 Å². The summed E-state index contributed by atoms with van der Waals surface area (Å²) in [5.41, 5.74) is -0.208. The number of amides is 2. The first kappa shape index (κ1) is 47.8. The number of hydrogen-bond acceptors (Lipinski definition) is 13. The summed E-state index contributed by atoms with van der Waals surface area (Å²) in [5.74, 6) is -1.32. The number of hydrogen-bond donors (Lipinski definition) is 4. The molecule has 0 aliphatic rings. The maximum absolute atomic E-state index is 12.9. The average molecular weight is 811 g/mol. The highest BCUT2D eigenvalue weighted by atomic mass is 32.2. The van der Waals surface area contributed by atoms with Gasteiger partial charge < -0.3 is 44.2 Å². The standard InChI is InChI=1S/C38H58N4O13S/c1-38(2,3)55-36(46)11-9-7-5-4-6-8-10-20-54-31-13-15-32(16-14-31)56(48,49)42-33-17-12-30(27-41-33)37(47)40-19-22-51-23-25-52-28-34(43)39-18-21-50-24-26-53-29-35(44)45/h12-17,27H,4-11,18-26,28-29H2,1-3H3,(H,39,43)(H,40,47)(H,41,42)(H,44,45). The van der Waals surface area contributed by atoms with Crippen molar-refractivity contribution in [3.8, 4) is 5.75 Å². The molecular weight excluding hydrogens is 752 g/mol. The zero-order valence-corrected chi connectivity index (χ0v) is 33.5. The van der Waals surface area contributed by atoms with Gasteiger partial charge in [-0.15, -0.1) is 0 Å². The van der Waals surface area contributed by atoms with E-state index in [4.69, 9.17) is 33.5 Å². The fraction of sp³-hybridized carbons (Fsp3) is 0.605. The quantitative estimate of drug-likeness (QED) is 0.0629. The lowest BCUT2D eigenvalue weighted by Crippen LogP contribution is -2.31. The van der Waals surface area contributed by atoms with Gasteiger partial charge in [0.25, 0.3) is 15.9 Å². The molecule has 2 aromatic rings. The van der Waals surface area contributed by atoms with Crippen molar-refractivity contribution in [2.45, 2.75) is 82.6 Å². The van der Waals surface area contributed by atoms with Crippen molar-refractivity contribution in [2.75, 3.05) is 77.3 Å². The van der Waals surface area contributed by atoms with E-state index >= 15 is 0 Å². The molecule has 17 nitrogen and oxygen atoms in total. The molecule has 314 valence electrons. The second-order valence-electron chi connectivity index (χ2n) is 13.5. The Morgan fingerprint density at radius 2 is 1.29 bits per heavy atom. The molecule has 0 aliphatic carbocycles. The molecule has 18 heteroatoms. The van der Waals surface area contributed by atoms with Crippen LogP contribution in [0.5, 0.6) is 5.75 Å². The smallest absolute Gasteiger partial charge is 0.329 e. The van der Waals surface area contributed by atoms with E-state index in [1.54, 1.807) is 12.1 Å². The number of ether oxygens (including phenoxy) is 6. The molecule has 0 bridgehead atoms. The van der Waals surface area contributed by atoms with Crippen molar-refractivity contribution >= 4 is 39.6 Å². The number of nitrogens with one attached hydrogen (secondary N) is 3. The van der Waals surface area contributed by atoms with Gasteiger partial charge in [-0.3, -0.25) is 19.1 Å². The minimum atomic E-state index is -3.93. The number of benzene rings is 1. The van der Waals surface area contributed by atoms with Gasteiger partial charge in [0, 0.05) is 25.7 Å². The van der Waals surface area contributed by atoms with E-state index in [-0.39, 0.29) is 94.1 Å². The molecule has 4 N–H and O–H groups in total. The predicted octanol–water partition coefficient (Wildman–Crippen LogP) is 3.72. The maximum Gasteiger partial charge on any atom is 0.329 e. The molecule has 0 saturated carbocycles. The Labute approximate surface area is 329 Å². The Kier molecular flexibility index (Phi) is 23.3. The number of aromatic nitrogens is 1. The summed E-state index contributed by atoms with van der Waals surface area (Å²) >= 11 is 0. The summed E-state index contributed by atoms with van der Waals surface area (Å²) < 4.78 is 60.0. The molecule has 0 radical (unpaired) electrons. The lowest BCUT2D eigenvalue weighted by atomic mass is 10.1. The highest BCUT2D eigenvalue weighted by molar-refractivity contribution is 7.92. The largest absolute Gasteiger partial charge is 0.494 e. The van der Waals surface area contributed by atoms with Crippen molar-refractivity contribution in [3.63, 3.8) is 0 Å². The van der Waals surface area contributed by atoms with Crippen LogP contribution in [0, 0.1) is 0 Å². The summed E-state index contributed by atoms with van der Waals surface area (Å²) in [5, 5.41) is 13.7. The van der Waals surface area contributed by atoms with E-state index in [1.165, 1.54) is 30.5 Å². The molecule has 2 rings (SSSR count). The molecule has 1 aromatic heterocycles. The second kappa shape index (κ2) is 27.3. The molecular formula is C38H58N4O13S. The molecule has 2 amide bonds. The Morgan fingerprint density at radius 1 is 0.696 bits per heavy atom. The molecule has 1 aromatic carbocycles. The van der Waals surface area contributed by atoms with Gasteiger partial charge in [-0.2, -0.15) is 0 Å². The molecule has 56 heavy (non-hydrogen) atoms. The number of esters is 1. The minimum Gasteiger partial charge on any atom is -0.494 e. The SMILES string of the molecule is CC(C)(C)OC(=O)CCCCCCCCCOc1ccc(S(=O)(=O)Nc2ccc(C(=O)NCCOCCOCC(=O)NCCOCCOCC(=O)O)cn2)cc1. The third kappa shape index (κ3) is 23.5. The van der Waals surface area contributed by atoms with E-state index in [0.29, 0.717) is 18.8 Å². The molecule has 0 aliphatic heterocycles. The Morgan fingerprint density at radius 3 is 1.89 bits per heavy atom. The predicted molar refractivity (Wildman–Crippen MR) is 206 cm³/mol. The van der Waals surface area contributed by atoms with Crippen molar-refractivity contribution in [1.29, 1.82) is 0 Å². The molecule has 0 saturated heterocycles. The second-order valence-corrected chi connectivity index (χ2v) is 15.2. The van der Waals surface area contributed by atoms with E-state index < -0.39 is 27.5 Å². The number of carbonyl (C=O) groups excluding carboxylic acids is 3. The lowest BCUT2D eigenvalue weighted by Gasteiger charge is -2.19. The zero-order chi connectivity index (χ0) is 41.1. The summed E-state index contributed by atoms with van der Waals surface area (Å²) in [4.78, 5) is 50.4. The first-order valence-electron chi connectivity index (χ1n) is 18.8. The fourth-order valence-corrected chi connectivity index (χ4v) is 5.76. The number of anilines is 1. The number of nitrogens with zero attached hydrogens (tertiary/aromatic N) is 1. The van der Waals surface area contributed by atoms with Crippen molar-refractivity contribution in [1.82, 2.24) is 15.6 Å². The van der Waals surface area contributed by atoms with E-state index in [2.05, 4.69) is 20.3 Å². The Hall–Kier alpha value is -4.36. The van der Waals surface area contributed by atoms with E-state index in [0.717, 1.165) is 44.9 Å². The van der Waals surface area contributed by atoms with Gasteiger partial charge >= 0.3 is 11.9 Å². The number of unbranched alkanes of at least 4 members (excludes halogenated alkanes) is 6.